The predicted molar refractivity (Wildman–Crippen MR) is 85.2 cm³/mol. The molecule has 1 aliphatic rings. The third-order valence-corrected chi connectivity index (χ3v) is 3.88. The molecule has 0 radical (unpaired) electrons. The maximum Gasteiger partial charge on any atom is 0.415 e. The van der Waals surface area contributed by atoms with Crippen LogP contribution in [-0.4, -0.2) is 28.7 Å². The minimum atomic E-state index is -0.368. The van der Waals surface area contributed by atoms with Crippen molar-refractivity contribution in [2.24, 2.45) is 5.92 Å². The number of cyclic esters (lactones) is 1. The summed E-state index contributed by atoms with van der Waals surface area (Å²) in [6.45, 7) is 6.44. The molecule has 1 saturated heterocycles. The highest BCUT2D eigenvalue weighted by molar-refractivity contribution is 5.89. The van der Waals surface area contributed by atoms with E-state index in [0.717, 1.165) is 5.76 Å². The summed E-state index contributed by atoms with van der Waals surface area (Å²) < 4.78 is 10.5. The second kappa shape index (κ2) is 6.28. The van der Waals surface area contributed by atoms with E-state index in [1.807, 2.05) is 19.1 Å². The molecule has 2 atom stereocenters. The van der Waals surface area contributed by atoms with Crippen LogP contribution in [0.3, 0.4) is 0 Å². The van der Waals surface area contributed by atoms with Crippen LogP contribution in [0, 0.1) is 5.92 Å². The molecule has 3 rings (SSSR count). The third-order valence-electron chi connectivity index (χ3n) is 3.88. The van der Waals surface area contributed by atoms with Gasteiger partial charge in [-0.25, -0.2) is 9.78 Å². The van der Waals surface area contributed by atoms with E-state index in [1.165, 1.54) is 0 Å². The SMILES string of the molecule is CC(C)C1COC(=O)N1c1ccnc(N[C@@H](C)c2ccco2)n1. The molecule has 0 bridgehead atoms. The number of carbonyl (C=O) groups excluding carboxylic acids is 1. The molecule has 2 aromatic rings. The summed E-state index contributed by atoms with van der Waals surface area (Å²) in [6, 6.07) is 5.33. The zero-order valence-electron chi connectivity index (χ0n) is 13.4. The first-order valence-electron chi connectivity index (χ1n) is 7.65. The fourth-order valence-corrected chi connectivity index (χ4v) is 2.55. The van der Waals surface area contributed by atoms with Gasteiger partial charge >= 0.3 is 6.09 Å². The number of carbonyl (C=O) groups is 1. The summed E-state index contributed by atoms with van der Waals surface area (Å²) in [6.07, 6.45) is 2.88. The van der Waals surface area contributed by atoms with E-state index in [1.54, 1.807) is 23.4 Å². The van der Waals surface area contributed by atoms with Gasteiger partial charge in [0.15, 0.2) is 0 Å². The molecule has 0 aliphatic carbocycles. The molecular formula is C16H20N4O3. The standard InChI is InChI=1S/C16H20N4O3/c1-10(2)12-9-23-16(21)20(12)14-6-7-17-15(19-14)18-11(3)13-5-4-8-22-13/h4-8,10-12H,9H2,1-3H3,(H,17,18,19)/t11-,12?/m0/s1. The Morgan fingerprint density at radius 2 is 2.17 bits per heavy atom. The van der Waals surface area contributed by atoms with Gasteiger partial charge in [-0.3, -0.25) is 4.90 Å². The van der Waals surface area contributed by atoms with Crippen LogP contribution in [-0.2, 0) is 4.74 Å². The summed E-state index contributed by atoms with van der Waals surface area (Å²) in [5.41, 5.74) is 0. The molecule has 7 heteroatoms. The molecule has 7 nitrogen and oxygen atoms in total. The third kappa shape index (κ3) is 3.13. The summed E-state index contributed by atoms with van der Waals surface area (Å²) in [4.78, 5) is 22.3. The van der Waals surface area contributed by atoms with Gasteiger partial charge in [0.25, 0.3) is 0 Å². The number of furan rings is 1. The van der Waals surface area contributed by atoms with Crippen LogP contribution >= 0.6 is 0 Å². The van der Waals surface area contributed by atoms with Gasteiger partial charge in [-0.05, 0) is 31.0 Å². The molecule has 1 aliphatic heterocycles. The lowest BCUT2D eigenvalue weighted by atomic mass is 10.0. The minimum Gasteiger partial charge on any atom is -0.467 e. The number of anilines is 2. The first-order valence-corrected chi connectivity index (χ1v) is 7.65. The molecule has 1 unspecified atom stereocenters. The maximum absolute atomic E-state index is 12.0. The van der Waals surface area contributed by atoms with Gasteiger partial charge in [0.1, 0.15) is 18.2 Å². The first kappa shape index (κ1) is 15.3. The number of ether oxygens (including phenoxy) is 1. The van der Waals surface area contributed by atoms with Crippen molar-refractivity contribution in [1.82, 2.24) is 9.97 Å². The van der Waals surface area contributed by atoms with Crippen LogP contribution in [0.2, 0.25) is 0 Å². The van der Waals surface area contributed by atoms with E-state index in [4.69, 9.17) is 9.15 Å². The number of nitrogens with one attached hydrogen (secondary N) is 1. The van der Waals surface area contributed by atoms with Gasteiger partial charge in [-0.15, -0.1) is 0 Å². The van der Waals surface area contributed by atoms with Crippen LogP contribution in [0.1, 0.15) is 32.6 Å². The first-order chi connectivity index (χ1) is 11.1. The van der Waals surface area contributed by atoms with Crippen LogP contribution in [0.15, 0.2) is 35.1 Å². The lowest BCUT2D eigenvalue weighted by Crippen LogP contribution is -2.37. The van der Waals surface area contributed by atoms with Gasteiger partial charge in [-0.2, -0.15) is 4.98 Å². The summed E-state index contributed by atoms with van der Waals surface area (Å²) in [7, 11) is 0. The Hall–Kier alpha value is -2.57. The van der Waals surface area contributed by atoms with E-state index in [9.17, 15) is 4.79 Å². The fourth-order valence-electron chi connectivity index (χ4n) is 2.55. The quantitative estimate of drug-likeness (QED) is 0.912. The second-order valence-electron chi connectivity index (χ2n) is 5.88. The van der Waals surface area contributed by atoms with Gasteiger partial charge in [0, 0.05) is 6.20 Å². The van der Waals surface area contributed by atoms with Crippen molar-refractivity contribution >= 4 is 17.9 Å². The number of hydrogen-bond acceptors (Lipinski definition) is 6. The molecule has 0 saturated carbocycles. The molecule has 3 heterocycles. The number of amides is 1. The minimum absolute atomic E-state index is 0.0206. The Bertz CT molecular complexity index is 672. The zero-order chi connectivity index (χ0) is 16.4. The molecule has 2 aromatic heterocycles. The molecule has 0 aromatic carbocycles. The average Bonchev–Trinajstić information content (AvgIpc) is 3.16. The molecule has 1 amide bonds. The van der Waals surface area contributed by atoms with Crippen molar-refractivity contribution in [3.8, 4) is 0 Å². The monoisotopic (exact) mass is 316 g/mol. The molecule has 122 valence electrons. The smallest absolute Gasteiger partial charge is 0.415 e. The number of aromatic nitrogens is 2. The fraction of sp³-hybridized carbons (Fsp3) is 0.438. The van der Waals surface area contributed by atoms with Crippen LogP contribution in [0.5, 0.6) is 0 Å². The lowest BCUT2D eigenvalue weighted by molar-refractivity contribution is 0.177. The van der Waals surface area contributed by atoms with E-state index in [-0.39, 0.29) is 24.1 Å². The Morgan fingerprint density at radius 3 is 2.87 bits per heavy atom. The van der Waals surface area contributed by atoms with Crippen LogP contribution in [0.4, 0.5) is 16.6 Å². The molecule has 23 heavy (non-hydrogen) atoms. The van der Waals surface area contributed by atoms with E-state index < -0.39 is 0 Å². The van der Waals surface area contributed by atoms with Gasteiger partial charge in [0.05, 0.1) is 18.3 Å². The highest BCUT2D eigenvalue weighted by Crippen LogP contribution is 2.26. The highest BCUT2D eigenvalue weighted by atomic mass is 16.6. The van der Waals surface area contributed by atoms with E-state index >= 15 is 0 Å². The lowest BCUT2D eigenvalue weighted by Gasteiger charge is -2.23. The largest absolute Gasteiger partial charge is 0.467 e. The Morgan fingerprint density at radius 1 is 1.35 bits per heavy atom. The summed E-state index contributed by atoms with van der Waals surface area (Å²) >= 11 is 0. The second-order valence-corrected chi connectivity index (χ2v) is 5.88. The topological polar surface area (TPSA) is 80.5 Å². The number of nitrogens with zero attached hydrogens (tertiary/aromatic N) is 3. The summed E-state index contributed by atoms with van der Waals surface area (Å²) in [5.74, 6) is 2.04. The number of hydrogen-bond donors (Lipinski definition) is 1. The van der Waals surface area contributed by atoms with Crippen molar-refractivity contribution in [1.29, 1.82) is 0 Å². The Labute approximate surface area is 134 Å². The maximum atomic E-state index is 12.0. The number of rotatable bonds is 5. The van der Waals surface area contributed by atoms with E-state index in [0.29, 0.717) is 18.4 Å². The normalized spacial score (nSPS) is 19.0. The van der Waals surface area contributed by atoms with Gasteiger partial charge in [0.2, 0.25) is 5.95 Å². The van der Waals surface area contributed by atoms with Gasteiger partial charge < -0.3 is 14.5 Å². The van der Waals surface area contributed by atoms with Crippen molar-refractivity contribution in [3.05, 3.63) is 36.4 Å². The molecule has 1 N–H and O–H groups in total. The van der Waals surface area contributed by atoms with Crippen molar-refractivity contribution < 1.29 is 13.9 Å². The average molecular weight is 316 g/mol. The Balaban J connectivity index is 1.81. The molecule has 1 fully saturated rings. The van der Waals surface area contributed by atoms with E-state index in [2.05, 4.69) is 29.1 Å². The van der Waals surface area contributed by atoms with Crippen molar-refractivity contribution in [2.75, 3.05) is 16.8 Å². The van der Waals surface area contributed by atoms with Crippen molar-refractivity contribution in [2.45, 2.75) is 32.9 Å². The zero-order valence-corrected chi connectivity index (χ0v) is 13.4. The van der Waals surface area contributed by atoms with Crippen LogP contribution < -0.4 is 10.2 Å². The highest BCUT2D eigenvalue weighted by Gasteiger charge is 2.37. The van der Waals surface area contributed by atoms with Gasteiger partial charge in [-0.1, -0.05) is 13.8 Å². The van der Waals surface area contributed by atoms with Crippen LogP contribution in [0.25, 0.3) is 0 Å². The van der Waals surface area contributed by atoms with Crippen molar-refractivity contribution in [3.63, 3.8) is 0 Å². The predicted octanol–water partition coefficient (Wildman–Crippen LogP) is 3.22. The molecule has 0 spiro atoms. The summed E-state index contributed by atoms with van der Waals surface area (Å²) in [5, 5.41) is 3.17. The molecular weight excluding hydrogens is 296 g/mol. The Kier molecular flexibility index (Phi) is 4.18.